The second-order valence-electron chi connectivity index (χ2n) is 10.8. The van der Waals surface area contributed by atoms with Gasteiger partial charge in [-0.2, -0.15) is 0 Å². The van der Waals surface area contributed by atoms with Crippen LogP contribution in [0.25, 0.3) is 0 Å². The summed E-state index contributed by atoms with van der Waals surface area (Å²) in [6.45, 7) is 7.15. The van der Waals surface area contributed by atoms with Gasteiger partial charge in [0, 0.05) is 20.3 Å². The number of esters is 2. The Bertz CT molecular complexity index is 730. The van der Waals surface area contributed by atoms with E-state index in [-0.39, 0.29) is 17.3 Å². The highest BCUT2D eigenvalue weighted by atomic mass is 16.7. The topological polar surface area (TPSA) is 89.9 Å². The summed E-state index contributed by atoms with van der Waals surface area (Å²) in [5.74, 6) is -1.61. The number of carboxylic acid groups (broad SMARTS) is 1. The van der Waals surface area contributed by atoms with Crippen molar-refractivity contribution in [2.45, 2.75) is 91.3 Å². The smallest absolute Gasteiger partial charge is 0.307 e. The molecule has 0 heterocycles. The van der Waals surface area contributed by atoms with E-state index < -0.39 is 29.1 Å². The van der Waals surface area contributed by atoms with Crippen molar-refractivity contribution in [1.29, 1.82) is 0 Å². The minimum atomic E-state index is -1.21. The Kier molecular flexibility index (Phi) is 5.22. The number of ether oxygens (including phenoxy) is 2. The molecule has 0 bridgehead atoms. The third-order valence-corrected chi connectivity index (χ3v) is 9.70. The molecule has 168 valence electrons. The maximum atomic E-state index is 12.1. The zero-order valence-electron chi connectivity index (χ0n) is 18.7. The number of rotatable bonds is 3. The molecule has 4 fully saturated rings. The first-order valence-electron chi connectivity index (χ1n) is 11.7. The average Bonchev–Trinajstić information content (AvgIpc) is 2.99. The molecule has 0 amide bonds. The van der Waals surface area contributed by atoms with Crippen LogP contribution in [0.1, 0.15) is 85.5 Å². The lowest BCUT2D eigenvalue weighted by molar-refractivity contribution is -0.322. The number of carboxylic acids is 1. The zero-order chi connectivity index (χ0) is 21.9. The van der Waals surface area contributed by atoms with Crippen LogP contribution in [0.15, 0.2) is 0 Å². The van der Waals surface area contributed by atoms with Crippen molar-refractivity contribution in [1.82, 2.24) is 0 Å². The molecule has 0 aliphatic heterocycles. The Morgan fingerprint density at radius 2 is 1.50 bits per heavy atom. The number of hydrogen-bond donors (Lipinski definition) is 1. The molecule has 30 heavy (non-hydrogen) atoms. The van der Waals surface area contributed by atoms with Gasteiger partial charge in [0.2, 0.25) is 0 Å². The largest absolute Gasteiger partial charge is 0.481 e. The monoisotopic (exact) mass is 420 g/mol. The Hall–Kier alpha value is -1.59. The summed E-state index contributed by atoms with van der Waals surface area (Å²) in [4.78, 5) is 36.2. The van der Waals surface area contributed by atoms with E-state index in [0.29, 0.717) is 24.2 Å². The Labute approximate surface area is 179 Å². The molecule has 4 saturated carbocycles. The van der Waals surface area contributed by atoms with Gasteiger partial charge >= 0.3 is 17.9 Å². The lowest BCUT2D eigenvalue weighted by atomic mass is 9.43. The second kappa shape index (κ2) is 7.23. The van der Waals surface area contributed by atoms with Gasteiger partial charge in [-0.3, -0.25) is 14.4 Å². The van der Waals surface area contributed by atoms with E-state index in [2.05, 4.69) is 13.8 Å². The molecule has 6 nitrogen and oxygen atoms in total. The molecule has 0 aromatic heterocycles. The summed E-state index contributed by atoms with van der Waals surface area (Å²) in [7, 11) is 0. The summed E-state index contributed by atoms with van der Waals surface area (Å²) in [6.07, 6.45) is 8.06. The van der Waals surface area contributed by atoms with Crippen molar-refractivity contribution in [3.63, 3.8) is 0 Å². The van der Waals surface area contributed by atoms with Crippen molar-refractivity contribution in [3.8, 4) is 0 Å². The second-order valence-corrected chi connectivity index (χ2v) is 10.8. The van der Waals surface area contributed by atoms with Crippen molar-refractivity contribution >= 4 is 17.9 Å². The standard InChI is InChI=1S/C24H36O6/c1-14(25)29-24(30-15(2)26)12-5-6-16-7-8-17-18-9-10-20(21(27)28)22(18,3)13-11-19(17)23(16,24)4/h16-20H,5-13H2,1-4H3,(H,27,28)/t16-,17+,18+,19+,20-,22+,23+/m1/s1. The van der Waals surface area contributed by atoms with Crippen LogP contribution in [0.3, 0.4) is 0 Å². The molecular weight excluding hydrogens is 384 g/mol. The van der Waals surface area contributed by atoms with Gasteiger partial charge in [0.25, 0.3) is 5.79 Å². The van der Waals surface area contributed by atoms with Crippen LogP contribution < -0.4 is 0 Å². The Morgan fingerprint density at radius 1 is 0.833 bits per heavy atom. The molecular formula is C24H36O6. The normalized spacial score (nSPS) is 44.2. The lowest BCUT2D eigenvalue weighted by Crippen LogP contribution is -2.66. The number of hydrogen-bond acceptors (Lipinski definition) is 5. The molecule has 7 atom stereocenters. The maximum absolute atomic E-state index is 12.1. The molecule has 0 aromatic rings. The van der Waals surface area contributed by atoms with E-state index in [1.807, 2.05) is 0 Å². The predicted octanol–water partition coefficient (Wildman–Crippen LogP) is 4.55. The summed E-state index contributed by atoms with van der Waals surface area (Å²) in [5.41, 5.74) is -0.607. The van der Waals surface area contributed by atoms with Crippen LogP contribution in [0.4, 0.5) is 0 Å². The third-order valence-electron chi connectivity index (χ3n) is 9.70. The van der Waals surface area contributed by atoms with Crippen molar-refractivity contribution < 1.29 is 29.0 Å². The number of carbonyl (C=O) groups excluding carboxylic acids is 2. The minimum Gasteiger partial charge on any atom is -0.481 e. The fraction of sp³-hybridized carbons (Fsp3) is 0.875. The molecule has 0 aromatic carbocycles. The molecule has 6 heteroatoms. The van der Waals surface area contributed by atoms with Crippen LogP contribution in [0.2, 0.25) is 0 Å². The van der Waals surface area contributed by atoms with Crippen LogP contribution in [0, 0.1) is 40.4 Å². The average molecular weight is 421 g/mol. The number of carbonyl (C=O) groups is 3. The number of aliphatic carboxylic acids is 1. The minimum absolute atomic E-state index is 0.170. The highest BCUT2D eigenvalue weighted by molar-refractivity contribution is 5.71. The van der Waals surface area contributed by atoms with Crippen LogP contribution >= 0.6 is 0 Å². The van der Waals surface area contributed by atoms with E-state index in [1.54, 1.807) is 0 Å². The highest BCUT2D eigenvalue weighted by Gasteiger charge is 2.69. The fourth-order valence-corrected chi connectivity index (χ4v) is 8.53. The fourth-order valence-electron chi connectivity index (χ4n) is 8.53. The summed E-state index contributed by atoms with van der Waals surface area (Å²) in [5, 5.41) is 9.82. The van der Waals surface area contributed by atoms with Gasteiger partial charge in [0.15, 0.2) is 0 Å². The van der Waals surface area contributed by atoms with Gasteiger partial charge < -0.3 is 14.6 Å². The molecule has 1 N–H and O–H groups in total. The van der Waals surface area contributed by atoms with Gasteiger partial charge in [0.05, 0.1) is 11.3 Å². The van der Waals surface area contributed by atoms with Crippen LogP contribution in [-0.4, -0.2) is 28.8 Å². The first kappa shape index (κ1) is 21.6. The molecule has 0 saturated heterocycles. The third kappa shape index (κ3) is 2.92. The molecule has 0 spiro atoms. The predicted molar refractivity (Wildman–Crippen MR) is 109 cm³/mol. The van der Waals surface area contributed by atoms with E-state index in [0.717, 1.165) is 51.4 Å². The highest BCUT2D eigenvalue weighted by Crippen LogP contribution is 2.69. The van der Waals surface area contributed by atoms with Crippen molar-refractivity contribution in [2.75, 3.05) is 0 Å². The summed E-state index contributed by atoms with van der Waals surface area (Å²) in [6, 6.07) is 0. The molecule has 4 aliphatic carbocycles. The quantitative estimate of drug-likeness (QED) is 0.532. The molecule has 0 unspecified atom stereocenters. The maximum Gasteiger partial charge on any atom is 0.307 e. The molecule has 4 aliphatic rings. The van der Waals surface area contributed by atoms with Gasteiger partial charge in [-0.1, -0.05) is 13.8 Å². The lowest BCUT2D eigenvalue weighted by Gasteiger charge is -2.64. The number of fused-ring (bicyclic) bond motifs is 5. The summed E-state index contributed by atoms with van der Waals surface area (Å²) < 4.78 is 11.9. The zero-order valence-corrected chi connectivity index (χ0v) is 18.7. The molecule has 0 radical (unpaired) electrons. The van der Waals surface area contributed by atoms with Gasteiger partial charge in [-0.05, 0) is 80.5 Å². The van der Waals surface area contributed by atoms with Gasteiger partial charge in [-0.25, -0.2) is 0 Å². The van der Waals surface area contributed by atoms with E-state index in [1.165, 1.54) is 13.8 Å². The van der Waals surface area contributed by atoms with Crippen molar-refractivity contribution in [2.24, 2.45) is 40.4 Å². The first-order valence-corrected chi connectivity index (χ1v) is 11.7. The Balaban J connectivity index is 1.75. The van der Waals surface area contributed by atoms with Crippen molar-refractivity contribution in [3.05, 3.63) is 0 Å². The van der Waals surface area contributed by atoms with E-state index >= 15 is 0 Å². The van der Waals surface area contributed by atoms with E-state index in [4.69, 9.17) is 9.47 Å². The summed E-state index contributed by atoms with van der Waals surface area (Å²) >= 11 is 0. The Morgan fingerprint density at radius 3 is 2.10 bits per heavy atom. The van der Waals surface area contributed by atoms with Crippen LogP contribution in [-0.2, 0) is 23.9 Å². The van der Waals surface area contributed by atoms with Crippen LogP contribution in [0.5, 0.6) is 0 Å². The van der Waals surface area contributed by atoms with Gasteiger partial charge in [0.1, 0.15) is 0 Å². The van der Waals surface area contributed by atoms with Gasteiger partial charge in [-0.15, -0.1) is 0 Å². The first-order chi connectivity index (χ1) is 14.0. The molecule has 4 rings (SSSR count). The van der Waals surface area contributed by atoms with E-state index in [9.17, 15) is 19.5 Å². The SMILES string of the molecule is CC(=O)OC1(OC(C)=O)CCC[C@@H]2CC[C@H]3[C@@H]4CC[C@H](C(=O)O)[C@@]4(C)CC[C@@H]3[C@]21C.